The molecule has 0 radical (unpaired) electrons. The lowest BCUT2D eigenvalue weighted by Crippen LogP contribution is -2.45. The van der Waals surface area contributed by atoms with Crippen molar-refractivity contribution < 1.29 is 4.79 Å². The second-order valence-electron chi connectivity index (χ2n) is 6.39. The molecule has 1 aliphatic heterocycles. The minimum Gasteiger partial charge on any atom is -0.357 e. The number of halogens is 2. The maximum absolute atomic E-state index is 12.1. The molecule has 1 saturated heterocycles. The van der Waals surface area contributed by atoms with Gasteiger partial charge in [-0.05, 0) is 31.0 Å². The third kappa shape index (κ3) is 7.13. The molecule has 2 rings (SSSR count). The van der Waals surface area contributed by atoms with E-state index in [2.05, 4.69) is 50.6 Å². The number of carbonyl (C=O) groups is 1. The van der Waals surface area contributed by atoms with Crippen molar-refractivity contribution in [1.29, 1.82) is 0 Å². The van der Waals surface area contributed by atoms with Crippen LogP contribution in [0.2, 0.25) is 0 Å². The molecule has 7 heteroatoms. The Hall–Kier alpha value is -0.830. The monoisotopic (exact) mass is 522 g/mol. The number of amides is 1. The SMILES string of the molecule is CCNC(=NCc1ccc(Br)cc1)NC1CCN(C(=O)C(C)C)C1.I. The molecule has 0 spiro atoms. The first-order chi connectivity index (χ1) is 11.5. The summed E-state index contributed by atoms with van der Waals surface area (Å²) in [5.41, 5.74) is 1.17. The summed E-state index contributed by atoms with van der Waals surface area (Å²) in [5, 5.41) is 6.74. The Morgan fingerprint density at radius 2 is 2.04 bits per heavy atom. The van der Waals surface area contributed by atoms with E-state index in [0.717, 1.165) is 36.5 Å². The van der Waals surface area contributed by atoms with Crippen LogP contribution in [0.3, 0.4) is 0 Å². The molecule has 140 valence electrons. The highest BCUT2D eigenvalue weighted by Crippen LogP contribution is 2.13. The van der Waals surface area contributed by atoms with Crippen molar-refractivity contribution in [3.05, 3.63) is 34.3 Å². The van der Waals surface area contributed by atoms with Crippen molar-refractivity contribution >= 4 is 51.8 Å². The Morgan fingerprint density at radius 3 is 2.64 bits per heavy atom. The molecule has 1 unspecified atom stereocenters. The molecule has 1 aromatic rings. The van der Waals surface area contributed by atoms with Crippen LogP contribution < -0.4 is 10.6 Å². The molecule has 0 saturated carbocycles. The number of rotatable bonds is 5. The van der Waals surface area contributed by atoms with Gasteiger partial charge in [0.1, 0.15) is 0 Å². The van der Waals surface area contributed by atoms with E-state index >= 15 is 0 Å². The van der Waals surface area contributed by atoms with E-state index in [1.165, 1.54) is 5.56 Å². The predicted molar refractivity (Wildman–Crippen MR) is 117 cm³/mol. The molecule has 1 aliphatic rings. The van der Waals surface area contributed by atoms with Crippen LogP contribution in [-0.4, -0.2) is 42.4 Å². The van der Waals surface area contributed by atoms with Crippen molar-refractivity contribution in [1.82, 2.24) is 15.5 Å². The largest absolute Gasteiger partial charge is 0.357 e. The number of nitrogens with one attached hydrogen (secondary N) is 2. The third-order valence-electron chi connectivity index (χ3n) is 4.01. The van der Waals surface area contributed by atoms with Crippen LogP contribution in [0.15, 0.2) is 33.7 Å². The number of benzene rings is 1. The fourth-order valence-corrected chi connectivity index (χ4v) is 2.98. The Balaban J connectivity index is 0.00000312. The van der Waals surface area contributed by atoms with Crippen LogP contribution in [0.25, 0.3) is 0 Å². The van der Waals surface area contributed by atoms with Gasteiger partial charge < -0.3 is 15.5 Å². The van der Waals surface area contributed by atoms with Gasteiger partial charge in [0.2, 0.25) is 5.91 Å². The maximum atomic E-state index is 12.1. The summed E-state index contributed by atoms with van der Waals surface area (Å²) in [6, 6.07) is 8.44. The Morgan fingerprint density at radius 1 is 1.36 bits per heavy atom. The number of hydrogen-bond acceptors (Lipinski definition) is 2. The van der Waals surface area contributed by atoms with Crippen molar-refractivity contribution in [3.63, 3.8) is 0 Å². The first-order valence-corrected chi connectivity index (χ1v) is 9.37. The number of aliphatic imine (C=N–C) groups is 1. The van der Waals surface area contributed by atoms with Crippen molar-refractivity contribution in [2.45, 2.75) is 39.8 Å². The Bertz CT molecular complexity index is 577. The second-order valence-corrected chi connectivity index (χ2v) is 7.31. The fraction of sp³-hybridized carbons (Fsp3) is 0.556. The molecular weight excluding hydrogens is 495 g/mol. The normalized spacial score (nSPS) is 17.4. The van der Waals surface area contributed by atoms with Gasteiger partial charge in [-0.2, -0.15) is 0 Å². The first-order valence-electron chi connectivity index (χ1n) is 8.57. The highest BCUT2D eigenvalue weighted by Gasteiger charge is 2.27. The lowest BCUT2D eigenvalue weighted by Gasteiger charge is -2.20. The topological polar surface area (TPSA) is 56.7 Å². The van der Waals surface area contributed by atoms with E-state index in [1.807, 2.05) is 30.9 Å². The van der Waals surface area contributed by atoms with Gasteiger partial charge in [-0.1, -0.05) is 41.9 Å². The summed E-state index contributed by atoms with van der Waals surface area (Å²) in [6.07, 6.45) is 0.959. The molecule has 1 aromatic carbocycles. The van der Waals surface area contributed by atoms with E-state index < -0.39 is 0 Å². The van der Waals surface area contributed by atoms with Gasteiger partial charge in [0, 0.05) is 36.1 Å². The van der Waals surface area contributed by atoms with Crippen molar-refractivity contribution in [2.24, 2.45) is 10.9 Å². The fourth-order valence-electron chi connectivity index (χ4n) is 2.72. The van der Waals surface area contributed by atoms with Gasteiger partial charge in [0.15, 0.2) is 5.96 Å². The average Bonchev–Trinajstić information content (AvgIpc) is 3.02. The number of likely N-dealkylation sites (tertiary alicyclic amines) is 1. The maximum Gasteiger partial charge on any atom is 0.225 e. The van der Waals surface area contributed by atoms with E-state index in [1.54, 1.807) is 0 Å². The molecule has 5 nitrogen and oxygen atoms in total. The second kappa shape index (κ2) is 11.0. The van der Waals surface area contributed by atoms with Crippen LogP contribution in [0.1, 0.15) is 32.8 Å². The van der Waals surface area contributed by atoms with Gasteiger partial charge in [-0.15, -0.1) is 24.0 Å². The zero-order valence-corrected chi connectivity index (χ0v) is 19.0. The highest BCUT2D eigenvalue weighted by atomic mass is 127. The van der Waals surface area contributed by atoms with Crippen LogP contribution in [-0.2, 0) is 11.3 Å². The van der Waals surface area contributed by atoms with Crippen LogP contribution in [0.4, 0.5) is 0 Å². The molecule has 0 aliphatic carbocycles. The van der Waals surface area contributed by atoms with Crippen LogP contribution in [0, 0.1) is 5.92 Å². The summed E-state index contributed by atoms with van der Waals surface area (Å²) >= 11 is 3.44. The van der Waals surface area contributed by atoms with E-state index in [9.17, 15) is 4.79 Å². The summed E-state index contributed by atoms with van der Waals surface area (Å²) in [4.78, 5) is 18.7. The summed E-state index contributed by atoms with van der Waals surface area (Å²) < 4.78 is 1.07. The lowest BCUT2D eigenvalue weighted by molar-refractivity contribution is -0.133. The minimum atomic E-state index is 0. The third-order valence-corrected chi connectivity index (χ3v) is 4.54. The number of carbonyl (C=O) groups excluding carboxylic acids is 1. The molecular formula is C18H28BrIN4O. The summed E-state index contributed by atoms with van der Waals surface area (Å²) in [6.45, 7) is 8.97. The van der Waals surface area contributed by atoms with Gasteiger partial charge in [-0.3, -0.25) is 4.79 Å². The van der Waals surface area contributed by atoms with E-state index in [0.29, 0.717) is 6.54 Å². The zero-order valence-electron chi connectivity index (χ0n) is 15.1. The number of hydrogen-bond donors (Lipinski definition) is 2. The van der Waals surface area contributed by atoms with Gasteiger partial charge in [0.05, 0.1) is 6.54 Å². The van der Waals surface area contributed by atoms with Gasteiger partial charge >= 0.3 is 0 Å². The van der Waals surface area contributed by atoms with Gasteiger partial charge in [0.25, 0.3) is 0 Å². The van der Waals surface area contributed by atoms with Crippen molar-refractivity contribution in [3.8, 4) is 0 Å². The smallest absolute Gasteiger partial charge is 0.225 e. The van der Waals surface area contributed by atoms with E-state index in [-0.39, 0.29) is 41.8 Å². The lowest BCUT2D eigenvalue weighted by atomic mass is 10.2. The average molecular weight is 523 g/mol. The molecule has 1 atom stereocenters. The Labute approximate surface area is 176 Å². The number of guanidine groups is 1. The van der Waals surface area contributed by atoms with Gasteiger partial charge in [-0.25, -0.2) is 4.99 Å². The molecule has 0 bridgehead atoms. The Kier molecular flexibility index (Phi) is 9.78. The minimum absolute atomic E-state index is 0. The predicted octanol–water partition coefficient (Wildman–Crippen LogP) is 3.38. The molecule has 2 N–H and O–H groups in total. The highest BCUT2D eigenvalue weighted by molar-refractivity contribution is 14.0. The first kappa shape index (κ1) is 22.2. The van der Waals surface area contributed by atoms with Crippen molar-refractivity contribution in [2.75, 3.05) is 19.6 Å². The summed E-state index contributed by atoms with van der Waals surface area (Å²) in [7, 11) is 0. The molecule has 1 amide bonds. The molecule has 1 fully saturated rings. The molecule has 1 heterocycles. The molecule has 25 heavy (non-hydrogen) atoms. The van der Waals surface area contributed by atoms with Crippen LogP contribution in [0.5, 0.6) is 0 Å². The standard InChI is InChI=1S/C18H27BrN4O.HI/c1-4-20-18(21-11-14-5-7-15(19)8-6-14)22-16-9-10-23(12-16)17(24)13(2)3;/h5-8,13,16H,4,9-12H2,1-3H3,(H2,20,21,22);1H. The van der Waals surface area contributed by atoms with E-state index in [4.69, 9.17) is 0 Å². The van der Waals surface area contributed by atoms with Crippen LogP contribution >= 0.6 is 39.9 Å². The number of nitrogens with zero attached hydrogens (tertiary/aromatic N) is 2. The quantitative estimate of drug-likeness (QED) is 0.354. The zero-order chi connectivity index (χ0) is 17.5. The summed E-state index contributed by atoms with van der Waals surface area (Å²) in [5.74, 6) is 1.10. The molecule has 0 aromatic heterocycles.